The van der Waals surface area contributed by atoms with E-state index in [1.165, 1.54) is 12.8 Å². The molecule has 4 heteroatoms. The predicted molar refractivity (Wildman–Crippen MR) is 50.1 cm³/mol. The van der Waals surface area contributed by atoms with Crippen LogP contribution in [0.3, 0.4) is 0 Å². The van der Waals surface area contributed by atoms with E-state index in [0.29, 0.717) is 12.0 Å². The van der Waals surface area contributed by atoms with Gasteiger partial charge in [-0.15, -0.1) is 10.2 Å². The molecule has 1 aliphatic carbocycles. The molecule has 2 rings (SSSR count). The van der Waals surface area contributed by atoms with E-state index >= 15 is 0 Å². The van der Waals surface area contributed by atoms with Crippen molar-refractivity contribution in [2.75, 3.05) is 0 Å². The van der Waals surface area contributed by atoms with Gasteiger partial charge in [-0.1, -0.05) is 0 Å². The van der Waals surface area contributed by atoms with Crippen LogP contribution in [-0.4, -0.2) is 14.8 Å². The molecule has 13 heavy (non-hydrogen) atoms. The van der Waals surface area contributed by atoms with Crippen LogP contribution < -0.4 is 5.73 Å². The number of hydrogen-bond acceptors (Lipinski definition) is 3. The van der Waals surface area contributed by atoms with Gasteiger partial charge in [0.2, 0.25) is 0 Å². The summed E-state index contributed by atoms with van der Waals surface area (Å²) in [4.78, 5) is 0. The molecule has 0 saturated heterocycles. The minimum Gasteiger partial charge on any atom is -0.321 e. The van der Waals surface area contributed by atoms with Crippen molar-refractivity contribution >= 4 is 0 Å². The minimum atomic E-state index is 0.0879. The quantitative estimate of drug-likeness (QED) is 0.762. The van der Waals surface area contributed by atoms with Gasteiger partial charge in [-0.05, 0) is 32.6 Å². The molecule has 0 amide bonds. The lowest BCUT2D eigenvalue weighted by Gasteiger charge is -2.14. The zero-order chi connectivity index (χ0) is 9.42. The maximum atomic E-state index is 6.06. The van der Waals surface area contributed by atoms with Crippen molar-refractivity contribution in [3.05, 3.63) is 12.2 Å². The van der Waals surface area contributed by atoms with Crippen molar-refractivity contribution in [2.45, 2.75) is 38.8 Å². The molecule has 1 aliphatic rings. The van der Waals surface area contributed by atoms with E-state index in [9.17, 15) is 0 Å². The predicted octanol–water partition coefficient (Wildman–Crippen LogP) is 1.27. The van der Waals surface area contributed by atoms with Crippen molar-refractivity contribution in [3.8, 4) is 0 Å². The largest absolute Gasteiger partial charge is 0.321 e. The van der Waals surface area contributed by atoms with Crippen LogP contribution in [0.15, 0.2) is 6.33 Å². The van der Waals surface area contributed by atoms with Gasteiger partial charge in [0.15, 0.2) is 0 Å². The number of nitrogens with two attached hydrogens (primary N) is 1. The van der Waals surface area contributed by atoms with Crippen LogP contribution >= 0.6 is 0 Å². The number of aromatic nitrogens is 3. The zero-order valence-electron chi connectivity index (χ0n) is 8.14. The van der Waals surface area contributed by atoms with Crippen LogP contribution in [0, 0.1) is 5.92 Å². The van der Waals surface area contributed by atoms with Crippen molar-refractivity contribution < 1.29 is 0 Å². The van der Waals surface area contributed by atoms with E-state index in [1.807, 2.05) is 0 Å². The van der Waals surface area contributed by atoms with Gasteiger partial charge in [0.1, 0.15) is 12.2 Å². The summed E-state index contributed by atoms with van der Waals surface area (Å²) in [5.74, 6) is 1.58. The van der Waals surface area contributed by atoms with Crippen molar-refractivity contribution in [2.24, 2.45) is 11.7 Å². The summed E-state index contributed by atoms with van der Waals surface area (Å²) >= 11 is 0. The van der Waals surface area contributed by atoms with Gasteiger partial charge >= 0.3 is 0 Å². The maximum absolute atomic E-state index is 6.06. The Labute approximate surface area is 78.1 Å². The second kappa shape index (κ2) is 3.10. The molecule has 2 N–H and O–H groups in total. The van der Waals surface area contributed by atoms with E-state index in [2.05, 4.69) is 28.6 Å². The molecular formula is C9H16N4. The third-order valence-electron chi connectivity index (χ3n) is 2.59. The van der Waals surface area contributed by atoms with Gasteiger partial charge in [-0.2, -0.15) is 0 Å². The van der Waals surface area contributed by atoms with E-state index < -0.39 is 0 Å². The molecule has 4 nitrogen and oxygen atoms in total. The molecule has 72 valence electrons. The molecule has 1 heterocycles. The SMILES string of the molecule is CC(C)n1cnnc1C(N)C1CC1. The zero-order valence-corrected chi connectivity index (χ0v) is 8.14. The van der Waals surface area contributed by atoms with Crippen LogP contribution in [0.2, 0.25) is 0 Å². The van der Waals surface area contributed by atoms with Gasteiger partial charge in [0.05, 0.1) is 6.04 Å². The highest BCUT2D eigenvalue weighted by molar-refractivity contribution is 5.01. The van der Waals surface area contributed by atoms with Crippen molar-refractivity contribution in [1.82, 2.24) is 14.8 Å². The molecule has 1 saturated carbocycles. The van der Waals surface area contributed by atoms with Gasteiger partial charge in [-0.3, -0.25) is 0 Å². The van der Waals surface area contributed by atoms with Gasteiger partial charge in [-0.25, -0.2) is 0 Å². The summed E-state index contributed by atoms with van der Waals surface area (Å²) in [7, 11) is 0. The Morgan fingerprint density at radius 1 is 1.54 bits per heavy atom. The highest BCUT2D eigenvalue weighted by atomic mass is 15.3. The highest BCUT2D eigenvalue weighted by Gasteiger charge is 2.32. The maximum Gasteiger partial charge on any atom is 0.150 e. The topological polar surface area (TPSA) is 56.7 Å². The Hall–Kier alpha value is -0.900. The molecule has 0 bridgehead atoms. The second-order valence-electron chi connectivity index (χ2n) is 4.05. The molecule has 1 atom stereocenters. The normalized spacial score (nSPS) is 19.4. The number of rotatable bonds is 3. The first-order chi connectivity index (χ1) is 6.20. The molecule has 0 aliphatic heterocycles. The van der Waals surface area contributed by atoms with E-state index in [4.69, 9.17) is 5.73 Å². The fourth-order valence-electron chi connectivity index (χ4n) is 1.55. The van der Waals surface area contributed by atoms with Crippen LogP contribution in [-0.2, 0) is 0 Å². The Morgan fingerprint density at radius 2 is 2.23 bits per heavy atom. The Balaban J connectivity index is 2.22. The van der Waals surface area contributed by atoms with Gasteiger partial charge in [0.25, 0.3) is 0 Å². The monoisotopic (exact) mass is 180 g/mol. The Kier molecular flexibility index (Phi) is 2.07. The Morgan fingerprint density at radius 3 is 2.77 bits per heavy atom. The average Bonchev–Trinajstić information content (AvgIpc) is 2.80. The number of nitrogens with zero attached hydrogens (tertiary/aromatic N) is 3. The lowest BCUT2D eigenvalue weighted by atomic mass is 10.2. The van der Waals surface area contributed by atoms with Crippen LogP contribution in [0.5, 0.6) is 0 Å². The summed E-state index contributed by atoms with van der Waals surface area (Å²) in [5.41, 5.74) is 6.06. The summed E-state index contributed by atoms with van der Waals surface area (Å²) in [6.45, 7) is 4.24. The summed E-state index contributed by atoms with van der Waals surface area (Å²) in [6.07, 6.45) is 4.25. The standard InChI is InChI=1S/C9H16N4/c1-6(2)13-5-11-12-9(13)8(10)7-3-4-7/h5-8H,3-4,10H2,1-2H3. The van der Waals surface area contributed by atoms with E-state index in [-0.39, 0.29) is 6.04 Å². The van der Waals surface area contributed by atoms with Crippen LogP contribution in [0.4, 0.5) is 0 Å². The lowest BCUT2D eigenvalue weighted by Crippen LogP contribution is -2.19. The minimum absolute atomic E-state index is 0.0879. The first-order valence-electron chi connectivity index (χ1n) is 4.85. The van der Waals surface area contributed by atoms with Gasteiger partial charge < -0.3 is 10.3 Å². The lowest BCUT2D eigenvalue weighted by molar-refractivity contribution is 0.503. The van der Waals surface area contributed by atoms with Crippen molar-refractivity contribution in [3.63, 3.8) is 0 Å². The first kappa shape index (κ1) is 8.69. The third kappa shape index (κ3) is 1.58. The average molecular weight is 180 g/mol. The molecule has 1 unspecified atom stereocenters. The molecule has 1 aromatic heterocycles. The molecular weight excluding hydrogens is 164 g/mol. The summed E-state index contributed by atoms with van der Waals surface area (Å²) < 4.78 is 2.06. The van der Waals surface area contributed by atoms with Crippen LogP contribution in [0.25, 0.3) is 0 Å². The van der Waals surface area contributed by atoms with Crippen molar-refractivity contribution in [1.29, 1.82) is 0 Å². The first-order valence-corrected chi connectivity index (χ1v) is 4.85. The van der Waals surface area contributed by atoms with E-state index in [0.717, 1.165) is 5.82 Å². The molecule has 0 radical (unpaired) electrons. The van der Waals surface area contributed by atoms with Gasteiger partial charge in [0, 0.05) is 6.04 Å². The summed E-state index contributed by atoms with van der Waals surface area (Å²) in [5, 5.41) is 7.99. The van der Waals surface area contributed by atoms with E-state index in [1.54, 1.807) is 6.33 Å². The second-order valence-corrected chi connectivity index (χ2v) is 4.05. The fourth-order valence-corrected chi connectivity index (χ4v) is 1.55. The Bertz CT molecular complexity index is 288. The molecule has 1 aromatic rings. The molecule has 1 fully saturated rings. The third-order valence-corrected chi connectivity index (χ3v) is 2.59. The molecule has 0 aromatic carbocycles. The number of hydrogen-bond donors (Lipinski definition) is 1. The van der Waals surface area contributed by atoms with Crippen LogP contribution in [0.1, 0.15) is 44.6 Å². The fraction of sp³-hybridized carbons (Fsp3) is 0.778. The summed E-state index contributed by atoms with van der Waals surface area (Å²) in [6, 6.07) is 0.486. The smallest absolute Gasteiger partial charge is 0.150 e. The highest BCUT2D eigenvalue weighted by Crippen LogP contribution is 2.38. The molecule has 0 spiro atoms.